The third-order valence-corrected chi connectivity index (χ3v) is 4.58. The molecule has 0 unspecified atom stereocenters. The predicted octanol–water partition coefficient (Wildman–Crippen LogP) is 2.72. The molecule has 0 aliphatic heterocycles. The highest BCUT2D eigenvalue weighted by molar-refractivity contribution is 6.33. The van der Waals surface area contributed by atoms with Crippen LogP contribution in [-0.2, 0) is 8.23 Å². The van der Waals surface area contributed by atoms with Crippen LogP contribution in [0.25, 0.3) is 11.1 Å². The lowest BCUT2D eigenvalue weighted by Gasteiger charge is -2.18. The van der Waals surface area contributed by atoms with Crippen molar-refractivity contribution in [3.63, 3.8) is 0 Å². The molecule has 0 aliphatic rings. The van der Waals surface area contributed by atoms with E-state index in [4.69, 9.17) is 0 Å². The average molecular weight is 359 g/mol. The third-order valence-electron chi connectivity index (χ3n) is 3.91. The first-order chi connectivity index (χ1) is 10.9. The van der Waals surface area contributed by atoms with Crippen molar-refractivity contribution in [2.75, 3.05) is 0 Å². The Bertz CT molecular complexity index is 644. The molecule has 0 bridgehead atoms. The van der Waals surface area contributed by atoms with E-state index in [-0.39, 0.29) is 21.5 Å². The summed E-state index contributed by atoms with van der Waals surface area (Å²) in [5.41, 5.74) is 5.55. The molecule has 0 saturated carbocycles. The van der Waals surface area contributed by atoms with Gasteiger partial charge >= 0.3 is 10.0 Å². The van der Waals surface area contributed by atoms with Crippen molar-refractivity contribution in [3.8, 4) is 22.6 Å². The van der Waals surface area contributed by atoms with E-state index in [1.54, 1.807) is 12.1 Å². The van der Waals surface area contributed by atoms with Crippen molar-refractivity contribution in [2.24, 2.45) is 0 Å². The Labute approximate surface area is 146 Å². The third kappa shape index (κ3) is 4.55. The summed E-state index contributed by atoms with van der Waals surface area (Å²) >= 11 is 0. The van der Waals surface area contributed by atoms with Crippen LogP contribution in [0.15, 0.2) is 24.3 Å². The molecule has 2 N–H and O–H groups in total. The van der Waals surface area contributed by atoms with Crippen molar-refractivity contribution in [1.29, 1.82) is 0 Å². The number of para-hydroxylation sites is 1. The van der Waals surface area contributed by atoms with Crippen LogP contribution in [0.4, 0.5) is 0 Å². The van der Waals surface area contributed by atoms with Gasteiger partial charge in [0.25, 0.3) is 0 Å². The quantitative estimate of drug-likeness (QED) is 0.828. The van der Waals surface area contributed by atoms with Crippen molar-refractivity contribution in [2.45, 2.75) is 27.7 Å². The fourth-order valence-corrected chi connectivity index (χ4v) is 2.87. The van der Waals surface area contributed by atoms with Gasteiger partial charge in [-0.1, -0.05) is 18.2 Å². The van der Waals surface area contributed by atoms with E-state index in [0.29, 0.717) is 5.56 Å². The van der Waals surface area contributed by atoms with Crippen LogP contribution < -0.4 is 0 Å². The fraction of sp³-hybridized carbons (Fsp3) is 0.250. The summed E-state index contributed by atoms with van der Waals surface area (Å²) < 4.78 is 8.51. The Morgan fingerprint density at radius 2 is 1.35 bits per heavy atom. The minimum atomic E-state index is 0.0247. The average Bonchev–Trinajstić information content (AvgIpc) is 2.54. The number of hydrogen-bond donors (Lipinski definition) is 2. The van der Waals surface area contributed by atoms with Crippen LogP contribution in [0.3, 0.4) is 0 Å². The van der Waals surface area contributed by atoms with E-state index in [1.807, 2.05) is 39.8 Å². The summed E-state index contributed by atoms with van der Waals surface area (Å²) in [6.07, 6.45) is 0. The number of phenols is 2. The molecule has 2 rings (SSSR count). The predicted molar refractivity (Wildman–Crippen MR) is 93.6 cm³/mol. The maximum Gasteiger partial charge on any atom is 0.409 e. The van der Waals surface area contributed by atoms with Crippen molar-refractivity contribution in [3.05, 3.63) is 46.5 Å². The summed E-state index contributed by atoms with van der Waals surface area (Å²) in [7, 11) is 5.44. The highest BCUT2D eigenvalue weighted by Crippen LogP contribution is 2.42. The number of rotatable bonds is 3. The largest absolute Gasteiger partial charge is 0.507 e. The molecule has 118 valence electrons. The number of phenolic OH excluding ortho intramolecular Hbond substituents is 2. The van der Waals surface area contributed by atoms with E-state index in [0.717, 1.165) is 27.8 Å². The maximum absolute atomic E-state index is 10.4. The van der Waals surface area contributed by atoms with Gasteiger partial charge in [-0.3, -0.25) is 0 Å². The second kappa shape index (κ2) is 9.04. The van der Waals surface area contributed by atoms with Gasteiger partial charge in [0.2, 0.25) is 21.0 Å². The van der Waals surface area contributed by atoms with Crippen LogP contribution in [0.1, 0.15) is 22.3 Å². The first kappa shape index (κ1) is 19.7. The lowest BCUT2D eigenvalue weighted by molar-refractivity contribution is 0.466. The van der Waals surface area contributed by atoms with Crippen molar-refractivity contribution < 1.29 is 18.4 Å². The number of benzene rings is 2. The van der Waals surface area contributed by atoms with E-state index in [1.165, 1.54) is 0 Å². The molecular weight excluding hydrogens is 340 g/mol. The second-order valence-corrected chi connectivity index (χ2v) is 6.83. The smallest absolute Gasteiger partial charge is 0.409 e. The molecule has 23 heavy (non-hydrogen) atoms. The fourth-order valence-electron chi connectivity index (χ4n) is 2.33. The molecule has 0 fully saturated rings. The monoisotopic (exact) mass is 358 g/mol. The second-order valence-electron chi connectivity index (χ2n) is 5.03. The number of hydrogen-bond acceptors (Lipinski definition) is 4. The van der Waals surface area contributed by atoms with Gasteiger partial charge < -0.3 is 18.4 Å². The van der Waals surface area contributed by atoms with Gasteiger partial charge in [-0.15, -0.1) is 0 Å². The summed E-state index contributed by atoms with van der Waals surface area (Å²) in [6, 6.07) is 7.10. The van der Waals surface area contributed by atoms with E-state index in [2.05, 4.69) is 29.2 Å². The van der Waals surface area contributed by atoms with E-state index >= 15 is 0 Å². The molecule has 2 aromatic rings. The highest BCUT2D eigenvalue weighted by Gasteiger charge is 2.17. The first-order valence-electron chi connectivity index (χ1n) is 6.84. The van der Waals surface area contributed by atoms with Crippen molar-refractivity contribution >= 4 is 31.0 Å². The van der Waals surface area contributed by atoms with Crippen LogP contribution in [0, 0.1) is 27.7 Å². The molecule has 0 saturated heterocycles. The van der Waals surface area contributed by atoms with E-state index in [9.17, 15) is 10.2 Å². The summed E-state index contributed by atoms with van der Waals surface area (Å²) in [5.74, 6) is 0.454. The minimum absolute atomic E-state index is 0.0247. The highest BCUT2D eigenvalue weighted by atomic mass is 28.3. The zero-order chi connectivity index (χ0) is 17.6. The van der Waals surface area contributed by atoms with Crippen LogP contribution in [-0.4, -0.2) is 41.2 Å². The molecule has 7 heteroatoms. The first-order valence-corrected chi connectivity index (χ1v) is 8.47. The van der Waals surface area contributed by atoms with Gasteiger partial charge in [0, 0.05) is 11.1 Å². The minimum Gasteiger partial charge on any atom is -0.507 e. The van der Waals surface area contributed by atoms with Gasteiger partial charge in [0.15, 0.2) is 0 Å². The molecule has 0 aromatic heterocycles. The zero-order valence-corrected chi connectivity index (χ0v) is 16.5. The Balaban J connectivity index is 0.000000463. The summed E-state index contributed by atoms with van der Waals surface area (Å²) in [4.78, 5) is 0. The molecule has 0 spiro atoms. The summed E-state index contributed by atoms with van der Waals surface area (Å²) in [6.45, 7) is 7.93. The maximum atomic E-state index is 10.4. The van der Waals surface area contributed by atoms with Gasteiger partial charge in [-0.2, -0.15) is 0 Å². The van der Waals surface area contributed by atoms with Crippen molar-refractivity contribution in [1.82, 2.24) is 0 Å². The normalized spacial score (nSPS) is 10.2. The lowest BCUT2D eigenvalue weighted by Crippen LogP contribution is -1.96. The van der Waals surface area contributed by atoms with Gasteiger partial charge in [-0.25, -0.2) is 0 Å². The van der Waals surface area contributed by atoms with E-state index < -0.39 is 0 Å². The van der Waals surface area contributed by atoms with Gasteiger partial charge in [-0.05, 0) is 56.0 Å². The Kier molecular flexibility index (Phi) is 7.73. The van der Waals surface area contributed by atoms with Crippen LogP contribution in [0.5, 0.6) is 11.5 Å². The van der Waals surface area contributed by atoms with Gasteiger partial charge in [0.1, 0.15) is 11.5 Å². The lowest BCUT2D eigenvalue weighted by atomic mass is 9.89. The Morgan fingerprint density at radius 1 is 0.826 bits per heavy atom. The van der Waals surface area contributed by atoms with Crippen LogP contribution in [0.2, 0.25) is 0 Å². The Morgan fingerprint density at radius 3 is 1.83 bits per heavy atom. The van der Waals surface area contributed by atoms with Crippen LogP contribution >= 0.6 is 0 Å². The molecule has 8 radical (unpaired) electrons. The van der Waals surface area contributed by atoms with Gasteiger partial charge in [0.05, 0.1) is 0 Å². The molecule has 0 aliphatic carbocycles. The molecule has 2 aromatic carbocycles. The zero-order valence-electron chi connectivity index (χ0n) is 13.5. The standard InChI is InChI=1S/C16H18O2.O2Si3/c1-9-10(2)12(4)16(18)15(11(9)3)13-7-5-6-8-14(13)17;3-1-5-2-4/h5-8,17-18H,1-4H3;. The SMILES string of the molecule is Cc1c(C)c(C)c(-c2ccccc2O)c(O)c1C.[Si]O[Si]O[Si]. The topological polar surface area (TPSA) is 58.9 Å². The molecular formula is C16H18O4Si3. The molecule has 0 atom stereocenters. The molecule has 0 heterocycles. The molecule has 0 amide bonds. The molecule has 4 nitrogen and oxygen atoms in total. The Hall–Kier alpha value is -1.39. The summed E-state index contributed by atoms with van der Waals surface area (Å²) in [5, 5.41) is 20.3. The number of aromatic hydroxyl groups is 2.